The number of nitrogen functional groups attached to an aromatic ring is 1. The zero-order valence-corrected chi connectivity index (χ0v) is 12.0. The molecule has 0 radical (unpaired) electrons. The van der Waals surface area contributed by atoms with Crippen molar-refractivity contribution in [2.75, 3.05) is 5.73 Å². The van der Waals surface area contributed by atoms with Gasteiger partial charge in [-0.3, -0.25) is 0 Å². The molecule has 0 saturated heterocycles. The number of nitrogens with zero attached hydrogens (tertiary/aromatic N) is 1. The number of ether oxygens (including phenoxy) is 2. The molecule has 0 atom stereocenters. The highest BCUT2D eigenvalue weighted by Gasteiger charge is 2.02. The van der Waals surface area contributed by atoms with E-state index in [-0.39, 0.29) is 0 Å². The molecule has 106 valence electrons. The Balaban J connectivity index is 1.59. The van der Waals surface area contributed by atoms with E-state index in [2.05, 4.69) is 4.98 Å². The van der Waals surface area contributed by atoms with Crippen LogP contribution in [-0.2, 0) is 6.61 Å². The Kier molecular flexibility index (Phi) is 4.02. The van der Waals surface area contributed by atoms with E-state index in [1.165, 1.54) is 11.3 Å². The average Bonchev–Trinajstić information content (AvgIpc) is 2.93. The topological polar surface area (TPSA) is 57.4 Å². The molecule has 0 spiro atoms. The fourth-order valence-electron chi connectivity index (χ4n) is 1.76. The Morgan fingerprint density at radius 2 is 1.67 bits per heavy atom. The molecule has 0 unspecified atom stereocenters. The van der Waals surface area contributed by atoms with Gasteiger partial charge >= 0.3 is 0 Å². The van der Waals surface area contributed by atoms with Crippen molar-refractivity contribution in [1.29, 1.82) is 0 Å². The van der Waals surface area contributed by atoms with Gasteiger partial charge in [-0.15, -0.1) is 0 Å². The third-order valence-corrected chi connectivity index (χ3v) is 3.48. The molecule has 0 bridgehead atoms. The second-order valence-electron chi connectivity index (χ2n) is 4.38. The van der Waals surface area contributed by atoms with E-state index in [1.807, 2.05) is 54.6 Å². The van der Waals surface area contributed by atoms with Crippen molar-refractivity contribution < 1.29 is 9.47 Å². The summed E-state index contributed by atoms with van der Waals surface area (Å²) in [5.41, 5.74) is 6.74. The van der Waals surface area contributed by atoms with E-state index in [0.29, 0.717) is 22.6 Å². The molecule has 4 nitrogen and oxygen atoms in total. The van der Waals surface area contributed by atoms with Gasteiger partial charge in [-0.05, 0) is 29.8 Å². The van der Waals surface area contributed by atoms with E-state index in [1.54, 1.807) is 6.20 Å². The SMILES string of the molecule is Nc1cnc(Oc2ccc(OCc3ccccc3)cc2)s1. The quantitative estimate of drug-likeness (QED) is 0.770. The first-order valence-electron chi connectivity index (χ1n) is 6.45. The number of benzene rings is 2. The highest BCUT2D eigenvalue weighted by atomic mass is 32.1. The third kappa shape index (κ3) is 3.73. The summed E-state index contributed by atoms with van der Waals surface area (Å²) in [5.74, 6) is 1.50. The number of anilines is 1. The molecule has 2 N–H and O–H groups in total. The number of rotatable bonds is 5. The summed E-state index contributed by atoms with van der Waals surface area (Å²) in [5, 5.41) is 1.17. The van der Waals surface area contributed by atoms with Crippen LogP contribution >= 0.6 is 11.3 Å². The zero-order valence-electron chi connectivity index (χ0n) is 11.2. The van der Waals surface area contributed by atoms with Crippen molar-refractivity contribution in [2.24, 2.45) is 0 Å². The maximum absolute atomic E-state index is 5.71. The van der Waals surface area contributed by atoms with Crippen molar-refractivity contribution in [1.82, 2.24) is 4.98 Å². The Labute approximate surface area is 126 Å². The van der Waals surface area contributed by atoms with Gasteiger partial charge in [0.25, 0.3) is 5.19 Å². The van der Waals surface area contributed by atoms with Gasteiger partial charge in [0.1, 0.15) is 23.1 Å². The minimum atomic E-state index is 0.533. The maximum atomic E-state index is 5.71. The number of hydrogen-bond acceptors (Lipinski definition) is 5. The van der Waals surface area contributed by atoms with E-state index in [0.717, 1.165) is 11.3 Å². The van der Waals surface area contributed by atoms with Gasteiger partial charge in [0.05, 0.1) is 6.20 Å². The van der Waals surface area contributed by atoms with Crippen molar-refractivity contribution in [3.63, 3.8) is 0 Å². The van der Waals surface area contributed by atoms with Gasteiger partial charge in [0.15, 0.2) is 0 Å². The fraction of sp³-hybridized carbons (Fsp3) is 0.0625. The van der Waals surface area contributed by atoms with Crippen molar-refractivity contribution in [2.45, 2.75) is 6.61 Å². The summed E-state index contributed by atoms with van der Waals surface area (Å²) in [7, 11) is 0. The first-order valence-corrected chi connectivity index (χ1v) is 7.27. The lowest BCUT2D eigenvalue weighted by molar-refractivity contribution is 0.306. The molecular weight excluding hydrogens is 284 g/mol. The lowest BCUT2D eigenvalue weighted by atomic mass is 10.2. The molecule has 0 aliphatic rings. The average molecular weight is 298 g/mol. The van der Waals surface area contributed by atoms with Gasteiger partial charge in [-0.25, -0.2) is 4.98 Å². The third-order valence-electron chi connectivity index (χ3n) is 2.78. The van der Waals surface area contributed by atoms with Gasteiger partial charge in [0, 0.05) is 0 Å². The minimum absolute atomic E-state index is 0.533. The van der Waals surface area contributed by atoms with Gasteiger partial charge in [-0.2, -0.15) is 0 Å². The van der Waals surface area contributed by atoms with Crippen molar-refractivity contribution in [3.05, 3.63) is 66.4 Å². The first kappa shape index (κ1) is 13.5. The second-order valence-corrected chi connectivity index (χ2v) is 5.40. The van der Waals surface area contributed by atoms with E-state index >= 15 is 0 Å². The lowest BCUT2D eigenvalue weighted by Crippen LogP contribution is -1.94. The number of thiazole rings is 1. The standard InChI is InChI=1S/C16H14N2O2S/c17-15-10-18-16(21-15)20-14-8-6-13(7-9-14)19-11-12-4-2-1-3-5-12/h1-10H,11,17H2. The second kappa shape index (κ2) is 6.28. The normalized spacial score (nSPS) is 10.3. The first-order chi connectivity index (χ1) is 10.3. The van der Waals surface area contributed by atoms with Crippen molar-refractivity contribution >= 4 is 16.3 Å². The van der Waals surface area contributed by atoms with Crippen LogP contribution in [-0.4, -0.2) is 4.98 Å². The van der Waals surface area contributed by atoms with Crippen LogP contribution in [0.2, 0.25) is 0 Å². The predicted molar refractivity (Wildman–Crippen MR) is 83.8 cm³/mol. The number of aromatic nitrogens is 1. The largest absolute Gasteiger partial charge is 0.489 e. The molecule has 5 heteroatoms. The smallest absolute Gasteiger partial charge is 0.280 e. The van der Waals surface area contributed by atoms with Crippen LogP contribution in [0.4, 0.5) is 5.00 Å². The van der Waals surface area contributed by atoms with E-state index in [4.69, 9.17) is 15.2 Å². The molecular formula is C16H14N2O2S. The molecule has 3 aromatic rings. The highest BCUT2D eigenvalue weighted by molar-refractivity contribution is 7.17. The Morgan fingerprint density at radius 1 is 0.952 bits per heavy atom. The van der Waals surface area contributed by atoms with Gasteiger partial charge in [0.2, 0.25) is 0 Å². The highest BCUT2D eigenvalue weighted by Crippen LogP contribution is 2.28. The zero-order chi connectivity index (χ0) is 14.5. The summed E-state index contributed by atoms with van der Waals surface area (Å²) in [4.78, 5) is 4.05. The molecule has 0 amide bonds. The maximum Gasteiger partial charge on any atom is 0.280 e. The van der Waals surface area contributed by atoms with Crippen LogP contribution in [0.1, 0.15) is 5.56 Å². The molecule has 1 heterocycles. The summed E-state index contributed by atoms with van der Waals surface area (Å²) in [6.07, 6.45) is 1.58. The lowest BCUT2D eigenvalue weighted by Gasteiger charge is -2.07. The number of nitrogens with two attached hydrogens (primary N) is 1. The summed E-state index contributed by atoms with van der Waals surface area (Å²) >= 11 is 1.31. The van der Waals surface area contributed by atoms with E-state index in [9.17, 15) is 0 Å². The summed E-state index contributed by atoms with van der Waals surface area (Å²) < 4.78 is 11.3. The van der Waals surface area contributed by atoms with Crippen LogP contribution < -0.4 is 15.2 Å². The van der Waals surface area contributed by atoms with Crippen LogP contribution in [0.25, 0.3) is 0 Å². The van der Waals surface area contributed by atoms with Crippen LogP contribution in [0.15, 0.2) is 60.8 Å². The molecule has 21 heavy (non-hydrogen) atoms. The Bertz CT molecular complexity index is 696. The molecule has 1 aromatic heterocycles. The fourth-order valence-corrected chi connectivity index (χ4v) is 2.31. The monoisotopic (exact) mass is 298 g/mol. The predicted octanol–water partition coefficient (Wildman–Crippen LogP) is 4.10. The van der Waals surface area contributed by atoms with Gasteiger partial charge in [-0.1, -0.05) is 41.7 Å². The summed E-state index contributed by atoms with van der Waals surface area (Å²) in [6.45, 7) is 0.546. The number of hydrogen-bond donors (Lipinski definition) is 1. The van der Waals surface area contributed by atoms with Crippen molar-refractivity contribution in [3.8, 4) is 16.7 Å². The Hall–Kier alpha value is -2.53. The molecule has 0 aliphatic heterocycles. The molecule has 0 saturated carbocycles. The summed E-state index contributed by atoms with van der Waals surface area (Å²) in [6, 6.07) is 17.5. The Morgan fingerprint density at radius 3 is 2.33 bits per heavy atom. The van der Waals surface area contributed by atoms with Crippen LogP contribution in [0.3, 0.4) is 0 Å². The minimum Gasteiger partial charge on any atom is -0.489 e. The van der Waals surface area contributed by atoms with E-state index < -0.39 is 0 Å². The van der Waals surface area contributed by atoms with Crippen LogP contribution in [0, 0.1) is 0 Å². The molecule has 0 fully saturated rings. The molecule has 3 rings (SSSR count). The van der Waals surface area contributed by atoms with Gasteiger partial charge < -0.3 is 15.2 Å². The molecule has 2 aromatic carbocycles. The molecule has 0 aliphatic carbocycles. The van der Waals surface area contributed by atoms with Crippen LogP contribution in [0.5, 0.6) is 16.7 Å².